The third-order valence-corrected chi connectivity index (χ3v) is 6.06. The van der Waals surface area contributed by atoms with E-state index < -0.39 is 0 Å². The van der Waals surface area contributed by atoms with Crippen LogP contribution in [0.2, 0.25) is 0 Å². The Labute approximate surface area is 208 Å². The van der Waals surface area contributed by atoms with Crippen LogP contribution in [0.15, 0.2) is 48.8 Å². The SMILES string of the molecule is CCCCCCCCCCCCCC[n+]1ccc(/C=C/c2ccc(N(C)C)cc2)cc1.[Br-]. The third-order valence-electron chi connectivity index (χ3n) is 6.06. The van der Waals surface area contributed by atoms with Gasteiger partial charge in [-0.25, -0.2) is 4.57 Å². The van der Waals surface area contributed by atoms with Crippen molar-refractivity contribution < 1.29 is 21.5 Å². The van der Waals surface area contributed by atoms with Crippen LogP contribution < -0.4 is 26.4 Å². The smallest absolute Gasteiger partial charge is 0.169 e. The van der Waals surface area contributed by atoms with Crippen molar-refractivity contribution in [1.29, 1.82) is 0 Å². The van der Waals surface area contributed by atoms with E-state index in [1.54, 1.807) is 0 Å². The van der Waals surface area contributed by atoms with Crippen LogP contribution in [0, 0.1) is 0 Å². The fraction of sp³-hybridized carbons (Fsp3) is 0.552. The second-order valence-corrected chi connectivity index (χ2v) is 9.08. The average Bonchev–Trinajstić information content (AvgIpc) is 2.79. The first-order valence-electron chi connectivity index (χ1n) is 12.6. The molecule has 0 atom stereocenters. The lowest BCUT2D eigenvalue weighted by Crippen LogP contribution is -3.00. The summed E-state index contributed by atoms with van der Waals surface area (Å²) < 4.78 is 2.32. The van der Waals surface area contributed by atoms with Gasteiger partial charge in [0.25, 0.3) is 0 Å². The number of pyridine rings is 1. The van der Waals surface area contributed by atoms with Crippen molar-refractivity contribution in [2.24, 2.45) is 0 Å². The van der Waals surface area contributed by atoms with Gasteiger partial charge in [0.2, 0.25) is 0 Å². The number of benzene rings is 1. The summed E-state index contributed by atoms with van der Waals surface area (Å²) in [5.74, 6) is 0. The van der Waals surface area contributed by atoms with Crippen LogP contribution in [0.4, 0.5) is 5.69 Å². The quantitative estimate of drug-likeness (QED) is 0.234. The Morgan fingerprint density at radius 3 is 1.53 bits per heavy atom. The molecule has 32 heavy (non-hydrogen) atoms. The van der Waals surface area contributed by atoms with Crippen molar-refractivity contribution in [3.63, 3.8) is 0 Å². The zero-order valence-corrected chi connectivity index (χ0v) is 22.3. The molecule has 2 rings (SSSR count). The van der Waals surface area contributed by atoms with E-state index in [0.717, 1.165) is 6.54 Å². The zero-order chi connectivity index (χ0) is 22.2. The zero-order valence-electron chi connectivity index (χ0n) is 20.7. The Kier molecular flexibility index (Phi) is 15.9. The maximum Gasteiger partial charge on any atom is 0.169 e. The van der Waals surface area contributed by atoms with E-state index in [-0.39, 0.29) is 17.0 Å². The number of nitrogens with zero attached hydrogens (tertiary/aromatic N) is 2. The van der Waals surface area contributed by atoms with Crippen LogP contribution in [0.3, 0.4) is 0 Å². The molecule has 0 amide bonds. The van der Waals surface area contributed by atoms with Crippen molar-refractivity contribution in [1.82, 2.24) is 0 Å². The highest BCUT2D eigenvalue weighted by molar-refractivity contribution is 5.70. The summed E-state index contributed by atoms with van der Waals surface area (Å²) in [4.78, 5) is 2.12. The maximum absolute atomic E-state index is 2.32. The van der Waals surface area contributed by atoms with E-state index in [2.05, 4.69) is 91.4 Å². The lowest BCUT2D eigenvalue weighted by molar-refractivity contribution is -0.697. The minimum absolute atomic E-state index is 0. The molecule has 0 radical (unpaired) electrons. The first-order chi connectivity index (χ1) is 15.2. The molecule has 2 aromatic rings. The van der Waals surface area contributed by atoms with Gasteiger partial charge < -0.3 is 21.9 Å². The molecule has 0 aliphatic heterocycles. The Hall–Kier alpha value is -1.61. The Morgan fingerprint density at radius 2 is 1.06 bits per heavy atom. The van der Waals surface area contributed by atoms with Gasteiger partial charge in [-0.1, -0.05) is 95.4 Å². The molecule has 1 aromatic carbocycles. The molecule has 178 valence electrons. The molecule has 0 unspecified atom stereocenters. The number of unbranched alkanes of at least 4 members (excludes halogenated alkanes) is 11. The second kappa shape index (κ2) is 17.9. The van der Waals surface area contributed by atoms with Crippen LogP contribution in [-0.4, -0.2) is 14.1 Å². The Bertz CT molecular complexity index is 720. The van der Waals surface area contributed by atoms with Gasteiger partial charge in [0.05, 0.1) is 0 Å². The normalized spacial score (nSPS) is 11.0. The molecule has 1 heterocycles. The molecule has 0 saturated heterocycles. The number of aromatic nitrogens is 1. The molecule has 0 aliphatic rings. The van der Waals surface area contributed by atoms with Gasteiger partial charge in [-0.05, 0) is 29.7 Å². The molecule has 0 spiro atoms. The van der Waals surface area contributed by atoms with Gasteiger partial charge in [-0.2, -0.15) is 0 Å². The number of rotatable bonds is 16. The summed E-state index contributed by atoms with van der Waals surface area (Å²) in [7, 11) is 4.14. The van der Waals surface area contributed by atoms with E-state index in [0.29, 0.717) is 0 Å². The van der Waals surface area contributed by atoms with E-state index in [1.807, 2.05) is 0 Å². The summed E-state index contributed by atoms with van der Waals surface area (Å²) in [5, 5.41) is 0. The molecule has 0 bridgehead atoms. The van der Waals surface area contributed by atoms with Crippen molar-refractivity contribution in [3.8, 4) is 0 Å². The van der Waals surface area contributed by atoms with Gasteiger partial charge in [0, 0.05) is 38.3 Å². The van der Waals surface area contributed by atoms with E-state index >= 15 is 0 Å². The van der Waals surface area contributed by atoms with Gasteiger partial charge in [-0.15, -0.1) is 0 Å². The standard InChI is InChI=1S/C29H45N2.BrH/c1-4-5-6-7-8-9-10-11-12-13-14-15-24-31-25-22-28(23-26-31)17-16-27-18-20-29(21-19-27)30(2)3;/h16-23,25-26H,4-15,24H2,1-3H3;1H/q+1;/p-1. The molecule has 3 heteroatoms. The minimum atomic E-state index is 0. The summed E-state index contributed by atoms with van der Waals surface area (Å²) in [5.41, 5.74) is 3.72. The summed E-state index contributed by atoms with van der Waals surface area (Å²) in [6, 6.07) is 13.1. The van der Waals surface area contributed by atoms with Crippen molar-refractivity contribution >= 4 is 17.8 Å². The van der Waals surface area contributed by atoms with Crippen LogP contribution in [-0.2, 0) is 6.54 Å². The number of hydrogen-bond donors (Lipinski definition) is 0. The summed E-state index contributed by atoms with van der Waals surface area (Å²) in [6.45, 7) is 3.42. The van der Waals surface area contributed by atoms with Gasteiger partial charge >= 0.3 is 0 Å². The molecule has 2 nitrogen and oxygen atoms in total. The van der Waals surface area contributed by atoms with Crippen molar-refractivity contribution in [2.75, 3.05) is 19.0 Å². The van der Waals surface area contributed by atoms with Crippen LogP contribution in [0.25, 0.3) is 12.2 Å². The summed E-state index contributed by atoms with van der Waals surface area (Å²) in [6.07, 6.45) is 25.7. The topological polar surface area (TPSA) is 7.12 Å². The highest BCUT2D eigenvalue weighted by Crippen LogP contribution is 2.15. The lowest BCUT2D eigenvalue weighted by Gasteiger charge is -2.11. The summed E-state index contributed by atoms with van der Waals surface area (Å²) >= 11 is 0. The molecule has 1 aromatic heterocycles. The number of hydrogen-bond acceptors (Lipinski definition) is 1. The van der Waals surface area contributed by atoms with Crippen molar-refractivity contribution in [3.05, 3.63) is 59.9 Å². The second-order valence-electron chi connectivity index (χ2n) is 9.08. The molecule has 0 saturated carbocycles. The molecular formula is C29H45BrN2. The predicted molar refractivity (Wildman–Crippen MR) is 137 cm³/mol. The highest BCUT2D eigenvalue weighted by atomic mass is 79.9. The van der Waals surface area contributed by atoms with E-state index in [9.17, 15) is 0 Å². The van der Waals surface area contributed by atoms with Gasteiger partial charge in [0.15, 0.2) is 12.4 Å². The van der Waals surface area contributed by atoms with Gasteiger partial charge in [0.1, 0.15) is 6.54 Å². The van der Waals surface area contributed by atoms with Crippen LogP contribution in [0.5, 0.6) is 0 Å². The Balaban J connectivity index is 0.00000512. The molecular weight excluding hydrogens is 456 g/mol. The minimum Gasteiger partial charge on any atom is -1.00 e. The number of anilines is 1. The van der Waals surface area contributed by atoms with Crippen molar-refractivity contribution in [2.45, 2.75) is 90.5 Å². The molecule has 0 N–H and O–H groups in total. The fourth-order valence-electron chi connectivity index (χ4n) is 3.94. The lowest BCUT2D eigenvalue weighted by atomic mass is 10.1. The molecule has 0 aliphatic carbocycles. The van der Waals surface area contributed by atoms with E-state index in [4.69, 9.17) is 0 Å². The number of aryl methyl sites for hydroxylation is 1. The largest absolute Gasteiger partial charge is 1.00 e. The van der Waals surface area contributed by atoms with Crippen LogP contribution >= 0.6 is 0 Å². The first kappa shape index (κ1) is 28.4. The maximum atomic E-state index is 2.32. The van der Waals surface area contributed by atoms with Gasteiger partial charge in [-0.3, -0.25) is 0 Å². The molecule has 0 fully saturated rings. The Morgan fingerprint density at radius 1 is 0.625 bits per heavy atom. The monoisotopic (exact) mass is 500 g/mol. The average molecular weight is 502 g/mol. The fourth-order valence-corrected chi connectivity index (χ4v) is 3.94. The highest BCUT2D eigenvalue weighted by Gasteiger charge is 2.00. The number of halogens is 1. The third kappa shape index (κ3) is 12.4. The van der Waals surface area contributed by atoms with Crippen LogP contribution in [0.1, 0.15) is 95.1 Å². The predicted octanol–water partition coefficient (Wildman–Crippen LogP) is 4.92. The first-order valence-corrected chi connectivity index (χ1v) is 12.6. The van der Waals surface area contributed by atoms with E-state index in [1.165, 1.54) is 93.9 Å².